The number of rotatable bonds is 4. The van der Waals surface area contributed by atoms with Gasteiger partial charge in [-0.05, 0) is 25.1 Å². The fourth-order valence-corrected chi connectivity index (χ4v) is 3.26. The summed E-state index contributed by atoms with van der Waals surface area (Å²) in [6.45, 7) is 7.05. The van der Waals surface area contributed by atoms with Crippen LogP contribution in [0.1, 0.15) is 13.3 Å². The molecule has 1 aromatic heterocycles. The van der Waals surface area contributed by atoms with E-state index in [9.17, 15) is 0 Å². The second-order valence-corrected chi connectivity index (χ2v) is 6.74. The van der Waals surface area contributed by atoms with Gasteiger partial charge in [0.2, 0.25) is 5.95 Å². The van der Waals surface area contributed by atoms with E-state index in [0.717, 1.165) is 56.5 Å². The van der Waals surface area contributed by atoms with Gasteiger partial charge < -0.3 is 10.2 Å². The lowest BCUT2D eigenvalue weighted by Crippen LogP contribution is -2.48. The minimum absolute atomic E-state index is 0.339. The van der Waals surface area contributed by atoms with Crippen LogP contribution in [0, 0.1) is 0 Å². The third-order valence-electron chi connectivity index (χ3n) is 4.81. The normalized spacial score (nSPS) is 23.2. The molecule has 4 rings (SSSR count). The highest BCUT2D eigenvalue weighted by molar-refractivity contribution is 5.66. The van der Waals surface area contributed by atoms with E-state index < -0.39 is 0 Å². The lowest BCUT2D eigenvalue weighted by Gasteiger charge is -2.37. The Morgan fingerprint density at radius 1 is 1.04 bits per heavy atom. The van der Waals surface area contributed by atoms with Crippen LogP contribution < -0.4 is 10.2 Å². The van der Waals surface area contributed by atoms with Gasteiger partial charge in [-0.2, -0.15) is 10.2 Å². The molecule has 1 saturated heterocycles. The average Bonchev–Trinajstić information content (AvgIpc) is 2.67. The summed E-state index contributed by atoms with van der Waals surface area (Å²) in [4.78, 5) is 13.4. The van der Waals surface area contributed by atoms with Crippen LogP contribution in [0.15, 0.2) is 53.0 Å². The number of nitrogens with one attached hydrogen (secondary N) is 1. The zero-order valence-electron chi connectivity index (χ0n) is 14.5. The molecule has 2 aliphatic heterocycles. The first kappa shape index (κ1) is 16.0. The van der Waals surface area contributed by atoms with Gasteiger partial charge in [-0.1, -0.05) is 12.1 Å². The monoisotopic (exact) mass is 337 g/mol. The molecular formula is C18H23N7. The van der Waals surface area contributed by atoms with Crippen molar-refractivity contribution in [1.29, 1.82) is 0 Å². The summed E-state index contributed by atoms with van der Waals surface area (Å²) in [6, 6.07) is 9.90. The van der Waals surface area contributed by atoms with Gasteiger partial charge in [-0.25, -0.2) is 9.97 Å². The third kappa shape index (κ3) is 3.61. The molecule has 0 spiro atoms. The van der Waals surface area contributed by atoms with Crippen LogP contribution in [0.25, 0.3) is 0 Å². The van der Waals surface area contributed by atoms with Crippen molar-refractivity contribution in [3.8, 4) is 0 Å². The predicted octanol–water partition coefficient (Wildman–Crippen LogP) is 2.91. The van der Waals surface area contributed by atoms with Crippen LogP contribution in [-0.2, 0) is 0 Å². The van der Waals surface area contributed by atoms with Crippen LogP contribution >= 0.6 is 0 Å². The van der Waals surface area contributed by atoms with Crippen molar-refractivity contribution in [3.63, 3.8) is 0 Å². The van der Waals surface area contributed by atoms with Crippen LogP contribution in [0.5, 0.6) is 0 Å². The number of fused-ring (bicyclic) bond motifs is 1. The minimum Gasteiger partial charge on any atom is -0.358 e. The van der Waals surface area contributed by atoms with E-state index in [0.29, 0.717) is 0 Å². The second kappa shape index (κ2) is 6.76. The fraction of sp³-hybridized carbons (Fsp3) is 0.444. The number of benzene rings is 1. The molecule has 2 aliphatic rings. The van der Waals surface area contributed by atoms with Gasteiger partial charge in [0, 0.05) is 51.5 Å². The second-order valence-electron chi connectivity index (χ2n) is 6.74. The van der Waals surface area contributed by atoms with E-state index in [-0.39, 0.29) is 5.66 Å². The van der Waals surface area contributed by atoms with E-state index in [4.69, 9.17) is 0 Å². The molecule has 0 saturated carbocycles. The summed E-state index contributed by atoms with van der Waals surface area (Å²) < 4.78 is 0. The maximum Gasteiger partial charge on any atom is 0.225 e. The quantitative estimate of drug-likeness (QED) is 0.929. The minimum atomic E-state index is -0.339. The summed E-state index contributed by atoms with van der Waals surface area (Å²) in [7, 11) is 0. The molecule has 0 aliphatic carbocycles. The van der Waals surface area contributed by atoms with E-state index in [1.807, 2.05) is 24.3 Å². The molecule has 25 heavy (non-hydrogen) atoms. The lowest BCUT2D eigenvalue weighted by atomic mass is 10.1. The molecule has 1 unspecified atom stereocenters. The highest BCUT2D eigenvalue weighted by atomic mass is 15.3. The lowest BCUT2D eigenvalue weighted by molar-refractivity contribution is 0.235. The first-order valence-corrected chi connectivity index (χ1v) is 8.76. The van der Waals surface area contributed by atoms with Gasteiger partial charge in [-0.15, -0.1) is 0 Å². The summed E-state index contributed by atoms with van der Waals surface area (Å²) >= 11 is 0. The number of hydrogen-bond acceptors (Lipinski definition) is 7. The Kier molecular flexibility index (Phi) is 4.31. The largest absolute Gasteiger partial charge is 0.358 e. The number of piperazine rings is 1. The molecular weight excluding hydrogens is 314 g/mol. The van der Waals surface area contributed by atoms with E-state index in [1.54, 1.807) is 12.4 Å². The van der Waals surface area contributed by atoms with Crippen molar-refractivity contribution in [1.82, 2.24) is 14.9 Å². The van der Waals surface area contributed by atoms with Crippen LogP contribution in [-0.4, -0.2) is 53.3 Å². The maximum atomic E-state index is 4.51. The van der Waals surface area contributed by atoms with Gasteiger partial charge >= 0.3 is 0 Å². The molecule has 1 aromatic carbocycles. The molecule has 0 amide bonds. The van der Waals surface area contributed by atoms with Gasteiger partial charge in [0.25, 0.3) is 0 Å². The van der Waals surface area contributed by atoms with Crippen molar-refractivity contribution in [2.45, 2.75) is 19.0 Å². The molecule has 2 aromatic rings. The number of para-hydroxylation sites is 1. The zero-order valence-corrected chi connectivity index (χ0v) is 14.5. The molecule has 0 radical (unpaired) electrons. The Labute approximate surface area is 147 Å². The number of anilines is 2. The Morgan fingerprint density at radius 2 is 1.80 bits per heavy atom. The van der Waals surface area contributed by atoms with Crippen molar-refractivity contribution in [2.75, 3.05) is 42.9 Å². The number of azo groups is 1. The molecule has 0 bridgehead atoms. The van der Waals surface area contributed by atoms with Gasteiger partial charge in [0.1, 0.15) is 11.4 Å². The summed E-state index contributed by atoms with van der Waals surface area (Å²) in [5, 5.41) is 12.4. The number of nitrogens with zero attached hydrogens (tertiary/aromatic N) is 6. The highest BCUT2D eigenvalue weighted by Crippen LogP contribution is 2.34. The summed E-state index contributed by atoms with van der Waals surface area (Å²) in [6.07, 6.45) is 4.52. The van der Waals surface area contributed by atoms with Crippen molar-refractivity contribution in [2.24, 2.45) is 10.2 Å². The van der Waals surface area contributed by atoms with Crippen LogP contribution in [0.2, 0.25) is 0 Å². The van der Waals surface area contributed by atoms with Crippen LogP contribution in [0.4, 0.5) is 17.3 Å². The topological polar surface area (TPSA) is 69.0 Å². The first-order valence-electron chi connectivity index (χ1n) is 8.76. The average molecular weight is 337 g/mol. The van der Waals surface area contributed by atoms with Crippen molar-refractivity contribution < 1.29 is 0 Å². The van der Waals surface area contributed by atoms with Gasteiger partial charge in [0.05, 0.1) is 5.69 Å². The van der Waals surface area contributed by atoms with E-state index in [1.165, 1.54) is 0 Å². The molecule has 3 heterocycles. The van der Waals surface area contributed by atoms with E-state index in [2.05, 4.69) is 48.3 Å². The Bertz CT molecular complexity index is 740. The number of aromatic nitrogens is 2. The highest BCUT2D eigenvalue weighted by Gasteiger charge is 2.29. The molecule has 1 atom stereocenters. The molecule has 1 fully saturated rings. The zero-order chi connectivity index (χ0) is 17.1. The predicted molar refractivity (Wildman–Crippen MR) is 98.3 cm³/mol. The Morgan fingerprint density at radius 3 is 2.60 bits per heavy atom. The standard InChI is InChI=1S/C18H23N7/c1-18(21-15-5-2-3-6-16(15)22-23-18)7-10-24-11-13-25(14-12-24)17-19-8-4-9-20-17/h2-6,8-9,21H,7,10-14H2,1H3. The van der Waals surface area contributed by atoms with E-state index >= 15 is 0 Å². The summed E-state index contributed by atoms with van der Waals surface area (Å²) in [5.41, 5.74) is 1.64. The number of hydrogen-bond donors (Lipinski definition) is 1. The Balaban J connectivity index is 1.30. The van der Waals surface area contributed by atoms with Crippen LogP contribution in [0.3, 0.4) is 0 Å². The molecule has 1 N–H and O–H groups in total. The maximum absolute atomic E-state index is 4.51. The smallest absolute Gasteiger partial charge is 0.225 e. The third-order valence-corrected chi connectivity index (χ3v) is 4.81. The van der Waals surface area contributed by atoms with Gasteiger partial charge in [-0.3, -0.25) is 4.90 Å². The Hall–Kier alpha value is -2.54. The molecule has 7 heteroatoms. The summed E-state index contributed by atoms with van der Waals surface area (Å²) in [5.74, 6) is 0.827. The van der Waals surface area contributed by atoms with Gasteiger partial charge in [0.15, 0.2) is 0 Å². The van der Waals surface area contributed by atoms with Crippen molar-refractivity contribution in [3.05, 3.63) is 42.7 Å². The molecule has 7 nitrogen and oxygen atoms in total. The van der Waals surface area contributed by atoms with Crippen molar-refractivity contribution >= 4 is 17.3 Å². The fourth-order valence-electron chi connectivity index (χ4n) is 3.26. The first-order chi connectivity index (χ1) is 12.2. The SMILES string of the molecule is CC1(CCN2CCN(c3ncccn3)CC2)N=Nc2ccccc2N1. The molecule has 130 valence electrons.